The molecule has 1 N–H and O–H groups in total. The summed E-state index contributed by atoms with van der Waals surface area (Å²) in [6, 6.07) is 7.20. The molecule has 0 saturated carbocycles. The van der Waals surface area contributed by atoms with Gasteiger partial charge < -0.3 is 14.8 Å². The Morgan fingerprint density at radius 3 is 2.42 bits per heavy atom. The Bertz CT molecular complexity index is 580. The molecule has 6 heteroatoms. The third-order valence-electron chi connectivity index (χ3n) is 4.66. The van der Waals surface area contributed by atoms with Gasteiger partial charge in [0.2, 0.25) is 0 Å². The number of amides is 1. The summed E-state index contributed by atoms with van der Waals surface area (Å²) in [7, 11) is 0. The minimum atomic E-state index is -0.141. The van der Waals surface area contributed by atoms with E-state index in [2.05, 4.69) is 24.1 Å². The van der Waals surface area contributed by atoms with Crippen LogP contribution in [-0.4, -0.2) is 62.1 Å². The van der Waals surface area contributed by atoms with Crippen LogP contribution in [0.4, 0.5) is 0 Å². The van der Waals surface area contributed by atoms with E-state index in [1.165, 1.54) is 0 Å². The number of nitrogens with one attached hydrogen (secondary N) is 1. The van der Waals surface area contributed by atoms with Gasteiger partial charge in [0.15, 0.2) is 12.4 Å². The van der Waals surface area contributed by atoms with E-state index in [-0.39, 0.29) is 18.3 Å². The number of hydrogen-bond acceptors (Lipinski definition) is 5. The number of ketones is 1. The summed E-state index contributed by atoms with van der Waals surface area (Å²) in [5.41, 5.74) is 0.662. The fourth-order valence-corrected chi connectivity index (χ4v) is 3.06. The third kappa shape index (κ3) is 6.11. The monoisotopic (exact) mass is 362 g/mol. The van der Waals surface area contributed by atoms with Crippen molar-refractivity contribution in [3.63, 3.8) is 0 Å². The number of carbonyl (C=O) groups excluding carboxylic acids is 2. The number of morpholine rings is 1. The number of hydrogen-bond donors (Lipinski definition) is 1. The largest absolute Gasteiger partial charge is 0.484 e. The smallest absolute Gasteiger partial charge is 0.257 e. The highest BCUT2D eigenvalue weighted by Gasteiger charge is 2.24. The maximum absolute atomic E-state index is 12.1. The molecule has 6 nitrogen and oxygen atoms in total. The van der Waals surface area contributed by atoms with Crippen LogP contribution in [0.5, 0.6) is 5.75 Å². The molecule has 0 aromatic heterocycles. The van der Waals surface area contributed by atoms with Crippen molar-refractivity contribution >= 4 is 11.7 Å². The predicted molar refractivity (Wildman–Crippen MR) is 101 cm³/mol. The van der Waals surface area contributed by atoms with E-state index in [9.17, 15) is 9.59 Å². The molecule has 1 aliphatic rings. The van der Waals surface area contributed by atoms with Gasteiger partial charge >= 0.3 is 0 Å². The first-order valence-electron chi connectivity index (χ1n) is 9.35. The van der Waals surface area contributed by atoms with Crippen LogP contribution in [0.3, 0.4) is 0 Å². The minimum Gasteiger partial charge on any atom is -0.484 e. The van der Waals surface area contributed by atoms with E-state index in [0.29, 0.717) is 36.2 Å². The highest BCUT2D eigenvalue weighted by molar-refractivity contribution is 5.95. The Hall–Kier alpha value is -1.92. The van der Waals surface area contributed by atoms with Crippen molar-refractivity contribution in [1.82, 2.24) is 10.2 Å². The van der Waals surface area contributed by atoms with Gasteiger partial charge in [-0.2, -0.15) is 0 Å². The van der Waals surface area contributed by atoms with Crippen molar-refractivity contribution < 1.29 is 19.1 Å². The summed E-state index contributed by atoms with van der Waals surface area (Å²) >= 11 is 0. The predicted octanol–water partition coefficient (Wildman–Crippen LogP) is 2.13. The minimum absolute atomic E-state index is 0.0327. The van der Waals surface area contributed by atoms with Crippen molar-refractivity contribution in [1.29, 1.82) is 0 Å². The summed E-state index contributed by atoms with van der Waals surface area (Å²) in [5.74, 6) is 0.981. The standard InChI is InChI=1S/C20H30N2O4/c1-4-19(23)16-5-7-17(8-6-16)26-14-20(24)21-13-18(15(2)3)22-9-11-25-12-10-22/h5-8,15,18H,4,9-14H2,1-3H3,(H,21,24)/t18-/m0/s1. The Morgan fingerprint density at radius 2 is 1.85 bits per heavy atom. The molecule has 1 aromatic carbocycles. The lowest BCUT2D eigenvalue weighted by molar-refractivity contribution is -0.123. The average Bonchev–Trinajstić information content (AvgIpc) is 2.67. The van der Waals surface area contributed by atoms with E-state index >= 15 is 0 Å². The van der Waals surface area contributed by atoms with Gasteiger partial charge in [-0.15, -0.1) is 0 Å². The van der Waals surface area contributed by atoms with Gasteiger partial charge in [-0.05, 0) is 30.2 Å². The number of ether oxygens (including phenoxy) is 2. The molecule has 1 heterocycles. The molecule has 1 aromatic rings. The molecule has 0 unspecified atom stereocenters. The molecule has 0 radical (unpaired) electrons. The van der Waals surface area contributed by atoms with E-state index in [1.807, 2.05) is 6.92 Å². The van der Waals surface area contributed by atoms with Crippen molar-refractivity contribution in [3.05, 3.63) is 29.8 Å². The van der Waals surface area contributed by atoms with E-state index in [1.54, 1.807) is 24.3 Å². The second-order valence-electron chi connectivity index (χ2n) is 6.85. The fraction of sp³-hybridized carbons (Fsp3) is 0.600. The van der Waals surface area contributed by atoms with E-state index in [4.69, 9.17) is 9.47 Å². The van der Waals surface area contributed by atoms with Gasteiger partial charge in [0.25, 0.3) is 5.91 Å². The molecule has 1 amide bonds. The summed E-state index contributed by atoms with van der Waals surface area (Å²) in [4.78, 5) is 26.1. The molecule has 1 fully saturated rings. The summed E-state index contributed by atoms with van der Waals surface area (Å²) < 4.78 is 10.9. The first-order chi connectivity index (χ1) is 12.5. The first-order valence-corrected chi connectivity index (χ1v) is 9.35. The van der Waals surface area contributed by atoms with Gasteiger partial charge in [0, 0.05) is 37.7 Å². The zero-order valence-electron chi connectivity index (χ0n) is 16.0. The van der Waals surface area contributed by atoms with Gasteiger partial charge in [0.1, 0.15) is 5.75 Å². The lowest BCUT2D eigenvalue weighted by atomic mass is 10.0. The summed E-state index contributed by atoms with van der Waals surface area (Å²) in [5, 5.41) is 2.97. The number of Topliss-reactive ketones (excluding diaryl/α,β-unsaturated/α-hetero) is 1. The maximum Gasteiger partial charge on any atom is 0.257 e. The van der Waals surface area contributed by atoms with Crippen LogP contribution in [0.1, 0.15) is 37.6 Å². The number of benzene rings is 1. The molecular formula is C20H30N2O4. The average molecular weight is 362 g/mol. The summed E-state index contributed by atoms with van der Waals surface area (Å²) in [6.07, 6.45) is 0.475. The molecular weight excluding hydrogens is 332 g/mol. The zero-order chi connectivity index (χ0) is 18.9. The molecule has 2 rings (SSSR count). The molecule has 1 atom stereocenters. The lowest BCUT2D eigenvalue weighted by Gasteiger charge is -2.36. The highest BCUT2D eigenvalue weighted by Crippen LogP contribution is 2.14. The van der Waals surface area contributed by atoms with Crippen LogP contribution in [0.25, 0.3) is 0 Å². The van der Waals surface area contributed by atoms with Crippen LogP contribution in [0, 0.1) is 5.92 Å². The third-order valence-corrected chi connectivity index (χ3v) is 4.66. The normalized spacial score (nSPS) is 16.3. The molecule has 1 saturated heterocycles. The Balaban J connectivity index is 1.77. The van der Waals surface area contributed by atoms with Crippen LogP contribution in [0.15, 0.2) is 24.3 Å². The van der Waals surface area contributed by atoms with Gasteiger partial charge in [-0.1, -0.05) is 20.8 Å². The Morgan fingerprint density at radius 1 is 1.19 bits per heavy atom. The Labute approximate surface area is 155 Å². The van der Waals surface area contributed by atoms with Crippen molar-refractivity contribution in [2.45, 2.75) is 33.2 Å². The topological polar surface area (TPSA) is 67.9 Å². The van der Waals surface area contributed by atoms with Crippen LogP contribution >= 0.6 is 0 Å². The molecule has 0 aliphatic carbocycles. The Kier molecular flexibility index (Phi) is 8.06. The quantitative estimate of drug-likeness (QED) is 0.682. The van der Waals surface area contributed by atoms with Crippen LogP contribution in [0.2, 0.25) is 0 Å². The van der Waals surface area contributed by atoms with Crippen molar-refractivity contribution in [3.8, 4) is 5.75 Å². The maximum atomic E-state index is 12.1. The SMILES string of the molecule is CCC(=O)c1ccc(OCC(=O)NC[C@@H](C(C)C)N2CCOCC2)cc1. The van der Waals surface area contributed by atoms with Gasteiger partial charge in [-0.25, -0.2) is 0 Å². The molecule has 0 bridgehead atoms. The second kappa shape index (κ2) is 10.3. The lowest BCUT2D eigenvalue weighted by Crippen LogP contribution is -2.51. The zero-order valence-corrected chi connectivity index (χ0v) is 16.0. The first kappa shape index (κ1) is 20.4. The highest BCUT2D eigenvalue weighted by atomic mass is 16.5. The van der Waals surface area contributed by atoms with E-state index in [0.717, 1.165) is 26.3 Å². The fourth-order valence-electron chi connectivity index (χ4n) is 3.06. The molecule has 1 aliphatic heterocycles. The number of rotatable bonds is 9. The van der Waals surface area contributed by atoms with E-state index < -0.39 is 0 Å². The molecule has 0 spiro atoms. The van der Waals surface area contributed by atoms with Crippen LogP contribution < -0.4 is 10.1 Å². The van der Waals surface area contributed by atoms with Crippen molar-refractivity contribution in [2.24, 2.45) is 5.92 Å². The second-order valence-corrected chi connectivity index (χ2v) is 6.85. The molecule has 26 heavy (non-hydrogen) atoms. The van der Waals surface area contributed by atoms with Gasteiger partial charge in [0.05, 0.1) is 13.2 Å². The van der Waals surface area contributed by atoms with Crippen molar-refractivity contribution in [2.75, 3.05) is 39.5 Å². The van der Waals surface area contributed by atoms with Crippen LogP contribution in [-0.2, 0) is 9.53 Å². The molecule has 144 valence electrons. The number of carbonyl (C=O) groups is 2. The van der Waals surface area contributed by atoms with Gasteiger partial charge in [-0.3, -0.25) is 14.5 Å². The summed E-state index contributed by atoms with van der Waals surface area (Å²) in [6.45, 7) is 10.0. The number of nitrogens with zero attached hydrogens (tertiary/aromatic N) is 1.